The lowest BCUT2D eigenvalue weighted by Crippen LogP contribution is -2.19. The first kappa shape index (κ1) is 10.1. The number of rotatable bonds is 2. The van der Waals surface area contributed by atoms with Crippen LogP contribution in [0.1, 0.15) is 6.42 Å². The lowest BCUT2D eigenvalue weighted by molar-refractivity contribution is 0.235. The minimum atomic E-state index is 0.0663. The number of benzene rings is 1. The quantitative estimate of drug-likeness (QED) is 0.843. The Kier molecular flexibility index (Phi) is 3.16. The highest BCUT2D eigenvalue weighted by atomic mass is 35.5. The van der Waals surface area contributed by atoms with Crippen molar-refractivity contribution in [2.75, 3.05) is 11.9 Å². The van der Waals surface area contributed by atoms with Gasteiger partial charge < -0.3 is 10.1 Å². The molecule has 1 N–H and O–H groups in total. The van der Waals surface area contributed by atoms with Crippen LogP contribution in [0.15, 0.2) is 24.3 Å². The SMILES string of the molecule is Cl[C]1OCCC1Nc1ccccc1Cl. The first-order chi connectivity index (χ1) is 6.77. The standard InChI is InChI=1S/C10H10Cl2NO/c11-7-3-1-2-4-8(7)13-9-5-6-14-10(9)12/h1-4,9,13H,5-6H2. The number of hydrogen-bond donors (Lipinski definition) is 1. The summed E-state index contributed by atoms with van der Waals surface area (Å²) in [4.78, 5) is 0. The molecule has 0 amide bonds. The molecule has 1 aromatic carbocycles. The van der Waals surface area contributed by atoms with Crippen LogP contribution >= 0.6 is 23.2 Å². The molecule has 1 atom stereocenters. The van der Waals surface area contributed by atoms with Crippen molar-refractivity contribution in [3.63, 3.8) is 0 Å². The number of halogens is 2. The van der Waals surface area contributed by atoms with E-state index in [1.54, 1.807) is 0 Å². The molecule has 0 spiro atoms. The fourth-order valence-electron chi connectivity index (χ4n) is 1.38. The number of ether oxygens (including phenoxy) is 1. The topological polar surface area (TPSA) is 21.3 Å². The number of para-hydroxylation sites is 1. The van der Waals surface area contributed by atoms with E-state index in [0.717, 1.165) is 12.1 Å². The highest BCUT2D eigenvalue weighted by Crippen LogP contribution is 2.30. The Morgan fingerprint density at radius 1 is 1.29 bits per heavy atom. The molecular weight excluding hydrogens is 221 g/mol. The molecule has 1 heterocycles. The Labute approximate surface area is 93.2 Å². The largest absolute Gasteiger partial charge is 0.377 e. The summed E-state index contributed by atoms with van der Waals surface area (Å²) in [7, 11) is 0. The van der Waals surface area contributed by atoms with Crippen molar-refractivity contribution in [3.8, 4) is 0 Å². The summed E-state index contributed by atoms with van der Waals surface area (Å²) in [5.41, 5.74) is 1.41. The van der Waals surface area contributed by atoms with Crippen LogP contribution in [0, 0.1) is 5.56 Å². The minimum absolute atomic E-state index is 0.0663. The zero-order chi connectivity index (χ0) is 9.97. The van der Waals surface area contributed by atoms with Gasteiger partial charge in [0.05, 0.1) is 23.4 Å². The van der Waals surface area contributed by atoms with E-state index in [4.69, 9.17) is 27.9 Å². The van der Waals surface area contributed by atoms with E-state index in [0.29, 0.717) is 17.2 Å². The maximum Gasteiger partial charge on any atom is 0.206 e. The Bertz CT molecular complexity index is 319. The van der Waals surface area contributed by atoms with E-state index in [-0.39, 0.29) is 6.04 Å². The van der Waals surface area contributed by atoms with Gasteiger partial charge in [-0.25, -0.2) is 0 Å². The van der Waals surface area contributed by atoms with Gasteiger partial charge in [0.15, 0.2) is 0 Å². The summed E-state index contributed by atoms with van der Waals surface area (Å²) in [5.74, 6) is 0. The van der Waals surface area contributed by atoms with E-state index < -0.39 is 0 Å². The third kappa shape index (κ3) is 2.14. The van der Waals surface area contributed by atoms with Crippen LogP contribution in [-0.4, -0.2) is 12.6 Å². The van der Waals surface area contributed by atoms with Gasteiger partial charge in [-0.05, 0) is 18.6 Å². The molecule has 1 unspecified atom stereocenters. The van der Waals surface area contributed by atoms with Gasteiger partial charge in [-0.1, -0.05) is 35.3 Å². The molecule has 0 saturated carbocycles. The predicted molar refractivity (Wildman–Crippen MR) is 58.5 cm³/mol. The molecular formula is C10H10Cl2NO. The van der Waals surface area contributed by atoms with E-state index in [1.165, 1.54) is 0 Å². The van der Waals surface area contributed by atoms with Gasteiger partial charge in [0, 0.05) is 0 Å². The molecule has 1 aliphatic rings. The fraction of sp³-hybridized carbons (Fsp3) is 0.300. The summed E-state index contributed by atoms with van der Waals surface area (Å²) >= 11 is 11.9. The van der Waals surface area contributed by atoms with Gasteiger partial charge in [-0.3, -0.25) is 0 Å². The second-order valence-corrected chi connectivity index (χ2v) is 3.90. The average molecular weight is 231 g/mol. The molecule has 0 aliphatic carbocycles. The molecule has 1 fully saturated rings. The molecule has 1 aromatic rings. The second kappa shape index (κ2) is 4.39. The zero-order valence-corrected chi connectivity index (χ0v) is 8.98. The minimum Gasteiger partial charge on any atom is -0.377 e. The third-order valence-electron chi connectivity index (χ3n) is 2.12. The van der Waals surface area contributed by atoms with Crippen LogP contribution in [0.25, 0.3) is 0 Å². The smallest absolute Gasteiger partial charge is 0.206 e. The highest BCUT2D eigenvalue weighted by molar-refractivity contribution is 6.33. The number of nitrogens with one attached hydrogen (secondary N) is 1. The van der Waals surface area contributed by atoms with Crippen LogP contribution in [0.2, 0.25) is 5.02 Å². The van der Waals surface area contributed by atoms with Crippen molar-refractivity contribution in [2.24, 2.45) is 0 Å². The van der Waals surface area contributed by atoms with Crippen molar-refractivity contribution >= 4 is 28.9 Å². The summed E-state index contributed by atoms with van der Waals surface area (Å²) in [6.45, 7) is 0.668. The van der Waals surface area contributed by atoms with Gasteiger partial charge >= 0.3 is 0 Å². The third-order valence-corrected chi connectivity index (χ3v) is 2.83. The maximum atomic E-state index is 5.99. The molecule has 4 heteroatoms. The van der Waals surface area contributed by atoms with Crippen LogP contribution in [-0.2, 0) is 4.74 Å². The van der Waals surface area contributed by atoms with E-state index in [1.807, 2.05) is 24.3 Å². The molecule has 75 valence electrons. The summed E-state index contributed by atoms with van der Waals surface area (Å²) in [5, 5.41) is 3.93. The van der Waals surface area contributed by atoms with Crippen molar-refractivity contribution in [1.82, 2.24) is 0 Å². The summed E-state index contributed by atoms with van der Waals surface area (Å²) < 4.78 is 5.15. The van der Waals surface area contributed by atoms with Crippen molar-refractivity contribution < 1.29 is 4.74 Å². The first-order valence-corrected chi connectivity index (χ1v) is 5.19. The maximum absolute atomic E-state index is 5.99. The summed E-state index contributed by atoms with van der Waals surface area (Å²) in [6, 6.07) is 7.65. The van der Waals surface area contributed by atoms with E-state index in [9.17, 15) is 0 Å². The number of anilines is 1. The van der Waals surface area contributed by atoms with Gasteiger partial charge in [-0.2, -0.15) is 0 Å². The van der Waals surface area contributed by atoms with Gasteiger partial charge in [0.2, 0.25) is 5.56 Å². The average Bonchev–Trinajstić information content (AvgIpc) is 2.56. The number of hydrogen-bond acceptors (Lipinski definition) is 2. The molecule has 1 radical (unpaired) electrons. The van der Waals surface area contributed by atoms with Crippen LogP contribution in [0.3, 0.4) is 0 Å². The second-order valence-electron chi connectivity index (χ2n) is 3.12. The molecule has 0 aromatic heterocycles. The molecule has 14 heavy (non-hydrogen) atoms. The molecule has 0 bridgehead atoms. The van der Waals surface area contributed by atoms with Gasteiger partial charge in [0.1, 0.15) is 0 Å². The van der Waals surface area contributed by atoms with Crippen LogP contribution in [0.5, 0.6) is 0 Å². The normalized spacial score (nSPS) is 22.6. The molecule has 1 saturated heterocycles. The molecule has 1 aliphatic heterocycles. The van der Waals surface area contributed by atoms with Gasteiger partial charge in [-0.15, -0.1) is 0 Å². The van der Waals surface area contributed by atoms with Crippen LogP contribution < -0.4 is 5.32 Å². The Morgan fingerprint density at radius 2 is 2.07 bits per heavy atom. The van der Waals surface area contributed by atoms with Crippen molar-refractivity contribution in [1.29, 1.82) is 0 Å². The Hall–Kier alpha value is -0.440. The molecule has 2 rings (SSSR count). The summed E-state index contributed by atoms with van der Waals surface area (Å²) in [6.07, 6.45) is 0.879. The van der Waals surface area contributed by atoms with Gasteiger partial charge in [0.25, 0.3) is 0 Å². The predicted octanol–water partition coefficient (Wildman–Crippen LogP) is 3.27. The van der Waals surface area contributed by atoms with E-state index in [2.05, 4.69) is 5.32 Å². The fourth-order valence-corrected chi connectivity index (χ4v) is 1.81. The van der Waals surface area contributed by atoms with Crippen molar-refractivity contribution in [2.45, 2.75) is 12.5 Å². The lowest BCUT2D eigenvalue weighted by atomic mass is 10.2. The highest BCUT2D eigenvalue weighted by Gasteiger charge is 2.27. The lowest BCUT2D eigenvalue weighted by Gasteiger charge is -2.15. The monoisotopic (exact) mass is 230 g/mol. The first-order valence-electron chi connectivity index (χ1n) is 4.43. The zero-order valence-electron chi connectivity index (χ0n) is 7.47. The molecule has 2 nitrogen and oxygen atoms in total. The Balaban J connectivity index is 2.07. The van der Waals surface area contributed by atoms with Crippen molar-refractivity contribution in [3.05, 3.63) is 34.9 Å². The van der Waals surface area contributed by atoms with E-state index >= 15 is 0 Å². The Morgan fingerprint density at radius 3 is 2.71 bits per heavy atom. The van der Waals surface area contributed by atoms with Crippen LogP contribution in [0.4, 0.5) is 5.69 Å².